The van der Waals surface area contributed by atoms with Gasteiger partial charge in [-0.25, -0.2) is 15.0 Å². The van der Waals surface area contributed by atoms with E-state index in [2.05, 4.69) is 21.3 Å². The van der Waals surface area contributed by atoms with Crippen LogP contribution in [0, 0.1) is 11.3 Å². The van der Waals surface area contributed by atoms with Gasteiger partial charge in [0.05, 0.1) is 30.9 Å². The third kappa shape index (κ3) is 3.83. The largest absolute Gasteiger partial charge is 0.384 e. The number of nitrogens with zero attached hydrogens (tertiary/aromatic N) is 5. The van der Waals surface area contributed by atoms with Gasteiger partial charge in [0.2, 0.25) is 0 Å². The predicted molar refractivity (Wildman–Crippen MR) is 105 cm³/mol. The summed E-state index contributed by atoms with van der Waals surface area (Å²) in [5, 5.41) is 12.9. The molecule has 9 nitrogen and oxygen atoms in total. The van der Waals surface area contributed by atoms with Crippen molar-refractivity contribution in [1.82, 2.24) is 15.0 Å². The van der Waals surface area contributed by atoms with E-state index in [1.165, 1.54) is 0 Å². The van der Waals surface area contributed by atoms with E-state index in [1.807, 2.05) is 0 Å². The zero-order valence-corrected chi connectivity index (χ0v) is 15.6. The van der Waals surface area contributed by atoms with Gasteiger partial charge in [-0.2, -0.15) is 5.26 Å². The number of nitrogen functional groups attached to an aromatic ring is 1. The van der Waals surface area contributed by atoms with Gasteiger partial charge in [0.25, 0.3) is 0 Å². The third-order valence-electron chi connectivity index (χ3n) is 4.84. The minimum Gasteiger partial charge on any atom is -0.384 e. The normalized spacial score (nSPS) is 17.5. The quantitative estimate of drug-likeness (QED) is 0.790. The lowest BCUT2D eigenvalue weighted by atomic mass is 10.1. The maximum absolute atomic E-state index is 9.53. The molecule has 0 saturated carbocycles. The minimum atomic E-state index is 0.298. The lowest BCUT2D eigenvalue weighted by Crippen LogP contribution is -2.37. The molecule has 4 rings (SSSR count). The first-order valence-electron chi connectivity index (χ1n) is 9.47. The maximum atomic E-state index is 9.53. The topological polar surface area (TPSA) is 122 Å². The number of nitrogens with one attached hydrogen (secondary N) is 1. The smallest absolute Gasteiger partial charge is 0.166 e. The van der Waals surface area contributed by atoms with Crippen molar-refractivity contribution >= 4 is 17.5 Å². The van der Waals surface area contributed by atoms with Crippen molar-refractivity contribution in [2.24, 2.45) is 0 Å². The molecule has 0 radical (unpaired) electrons. The molecule has 146 valence electrons. The van der Waals surface area contributed by atoms with E-state index in [0.29, 0.717) is 55.7 Å². The van der Waals surface area contributed by atoms with Crippen LogP contribution >= 0.6 is 0 Å². The van der Waals surface area contributed by atoms with Crippen molar-refractivity contribution in [3.63, 3.8) is 0 Å². The van der Waals surface area contributed by atoms with Gasteiger partial charge in [0.1, 0.15) is 23.5 Å². The Balaban J connectivity index is 1.85. The Kier molecular flexibility index (Phi) is 5.50. The van der Waals surface area contributed by atoms with Crippen LogP contribution in [0.3, 0.4) is 0 Å². The molecule has 28 heavy (non-hydrogen) atoms. The first-order valence-corrected chi connectivity index (χ1v) is 9.47. The maximum Gasteiger partial charge on any atom is 0.166 e. The second kappa shape index (κ2) is 8.37. The van der Waals surface area contributed by atoms with Gasteiger partial charge in [-0.3, -0.25) is 0 Å². The van der Waals surface area contributed by atoms with Gasteiger partial charge in [0, 0.05) is 38.0 Å². The number of aromatic nitrogens is 3. The Labute approximate surface area is 163 Å². The second-order valence-electron chi connectivity index (χ2n) is 6.71. The molecular formula is C19H23N7O2. The van der Waals surface area contributed by atoms with Crippen LogP contribution in [0.1, 0.15) is 17.5 Å². The molecule has 0 aliphatic carbocycles. The molecule has 0 spiro atoms. The van der Waals surface area contributed by atoms with E-state index in [1.54, 1.807) is 12.3 Å². The van der Waals surface area contributed by atoms with E-state index in [0.717, 1.165) is 43.1 Å². The molecule has 9 heteroatoms. The fourth-order valence-corrected chi connectivity index (χ4v) is 3.44. The van der Waals surface area contributed by atoms with Crippen molar-refractivity contribution in [2.45, 2.75) is 12.8 Å². The van der Waals surface area contributed by atoms with Crippen LogP contribution in [0.25, 0.3) is 11.4 Å². The fourth-order valence-electron chi connectivity index (χ4n) is 3.44. The average molecular weight is 381 g/mol. The number of pyridine rings is 1. The number of anilines is 3. The number of rotatable bonds is 2. The number of fused-ring (bicyclic) bond motifs is 1. The van der Waals surface area contributed by atoms with Gasteiger partial charge in [-0.1, -0.05) is 0 Å². The minimum absolute atomic E-state index is 0.298. The zero-order chi connectivity index (χ0) is 19.3. The molecule has 2 aromatic rings. The number of hydrogen-bond donors (Lipinski definition) is 2. The van der Waals surface area contributed by atoms with Crippen LogP contribution in [0.4, 0.5) is 17.5 Å². The van der Waals surface area contributed by atoms with Gasteiger partial charge in [-0.05, 0) is 18.9 Å². The second-order valence-corrected chi connectivity index (χ2v) is 6.71. The highest BCUT2D eigenvalue weighted by Crippen LogP contribution is 2.31. The van der Waals surface area contributed by atoms with Gasteiger partial charge in [0.15, 0.2) is 5.82 Å². The summed E-state index contributed by atoms with van der Waals surface area (Å²) in [4.78, 5) is 16.0. The third-order valence-corrected chi connectivity index (χ3v) is 4.84. The number of hydrogen-bond acceptors (Lipinski definition) is 9. The molecule has 0 aromatic carbocycles. The highest BCUT2D eigenvalue weighted by Gasteiger charge is 2.23. The summed E-state index contributed by atoms with van der Waals surface area (Å²) in [6, 6.07) is 3.72. The average Bonchev–Trinajstić information content (AvgIpc) is 2.85. The molecule has 2 aliphatic rings. The summed E-state index contributed by atoms with van der Waals surface area (Å²) in [5.74, 6) is 2.44. The van der Waals surface area contributed by atoms with Crippen molar-refractivity contribution in [2.75, 3.05) is 62.0 Å². The first-order chi connectivity index (χ1) is 13.8. The summed E-state index contributed by atoms with van der Waals surface area (Å²) < 4.78 is 11.1. The highest BCUT2D eigenvalue weighted by molar-refractivity contribution is 5.71. The SMILES string of the molecule is N#Cc1cc(N)ncc1-c1nc2c(c(N3CCOCC3)n1)CCCOCCN2. The number of nitriles is 1. The Morgan fingerprint density at radius 3 is 2.79 bits per heavy atom. The first kappa shape index (κ1) is 18.4. The zero-order valence-electron chi connectivity index (χ0n) is 15.6. The van der Waals surface area contributed by atoms with Gasteiger partial charge < -0.3 is 25.4 Å². The molecule has 2 aromatic heterocycles. The fraction of sp³-hybridized carbons (Fsp3) is 0.474. The molecule has 0 amide bonds. The van der Waals surface area contributed by atoms with Crippen molar-refractivity contribution in [1.29, 1.82) is 5.26 Å². The summed E-state index contributed by atoms with van der Waals surface area (Å²) in [6.45, 7) is 4.87. The van der Waals surface area contributed by atoms with E-state index in [4.69, 9.17) is 25.2 Å². The Morgan fingerprint density at radius 2 is 1.96 bits per heavy atom. The number of nitrogens with two attached hydrogens (primary N) is 1. The Morgan fingerprint density at radius 1 is 1.14 bits per heavy atom. The van der Waals surface area contributed by atoms with Crippen molar-refractivity contribution in [3.8, 4) is 17.5 Å². The van der Waals surface area contributed by atoms with Gasteiger partial charge in [-0.15, -0.1) is 0 Å². The van der Waals surface area contributed by atoms with Crippen LogP contribution in [-0.2, 0) is 15.9 Å². The summed E-state index contributed by atoms with van der Waals surface area (Å²) >= 11 is 0. The molecule has 0 bridgehead atoms. The Hall–Kier alpha value is -2.96. The van der Waals surface area contributed by atoms with Crippen molar-refractivity contribution in [3.05, 3.63) is 23.4 Å². The molecule has 0 atom stereocenters. The molecule has 3 N–H and O–H groups in total. The summed E-state index contributed by atoms with van der Waals surface area (Å²) in [5.41, 5.74) is 7.81. The van der Waals surface area contributed by atoms with E-state index in [9.17, 15) is 5.26 Å². The van der Waals surface area contributed by atoms with Crippen LogP contribution in [0.15, 0.2) is 12.3 Å². The monoisotopic (exact) mass is 381 g/mol. The van der Waals surface area contributed by atoms with E-state index in [-0.39, 0.29) is 0 Å². The molecule has 4 heterocycles. The van der Waals surface area contributed by atoms with Crippen LogP contribution < -0.4 is 16.0 Å². The molecule has 2 aliphatic heterocycles. The van der Waals surface area contributed by atoms with Gasteiger partial charge >= 0.3 is 0 Å². The number of morpholine rings is 1. The molecule has 1 saturated heterocycles. The van der Waals surface area contributed by atoms with E-state index < -0.39 is 0 Å². The van der Waals surface area contributed by atoms with Crippen LogP contribution in [-0.4, -0.2) is 61.0 Å². The molecule has 1 fully saturated rings. The highest BCUT2D eigenvalue weighted by atomic mass is 16.5. The Bertz CT molecular complexity index is 891. The number of ether oxygens (including phenoxy) is 2. The summed E-state index contributed by atoms with van der Waals surface area (Å²) in [6.07, 6.45) is 3.29. The molecule has 0 unspecified atom stereocenters. The lowest BCUT2D eigenvalue weighted by Gasteiger charge is -2.30. The van der Waals surface area contributed by atoms with Crippen LogP contribution in [0.2, 0.25) is 0 Å². The standard InChI is InChI=1S/C19H23N7O2/c20-11-13-10-16(21)23-12-15(13)18-24-17-14(2-1-6-27-7-3-22-17)19(25-18)26-4-8-28-9-5-26/h10,12H,1-9H2,(H2,21,23)(H,22,24,25). The predicted octanol–water partition coefficient (Wildman–Crippen LogP) is 1.20. The summed E-state index contributed by atoms with van der Waals surface area (Å²) in [7, 11) is 0. The van der Waals surface area contributed by atoms with E-state index >= 15 is 0 Å². The lowest BCUT2D eigenvalue weighted by molar-refractivity contribution is 0.122. The van der Waals surface area contributed by atoms with Crippen LogP contribution in [0.5, 0.6) is 0 Å². The van der Waals surface area contributed by atoms with Crippen molar-refractivity contribution < 1.29 is 9.47 Å². The molecular weight excluding hydrogens is 358 g/mol.